The lowest BCUT2D eigenvalue weighted by atomic mass is 10.1. The summed E-state index contributed by atoms with van der Waals surface area (Å²) < 4.78 is 10.3. The quantitative estimate of drug-likeness (QED) is 0.229. The molecule has 7 nitrogen and oxygen atoms in total. The van der Waals surface area contributed by atoms with Gasteiger partial charge in [-0.2, -0.15) is 0 Å². The van der Waals surface area contributed by atoms with Gasteiger partial charge >= 0.3 is 5.97 Å². The zero-order valence-corrected chi connectivity index (χ0v) is 12.7. The van der Waals surface area contributed by atoms with E-state index in [1.54, 1.807) is 19.9 Å². The topological polar surface area (TPSA) is 95.7 Å². The third-order valence-electron chi connectivity index (χ3n) is 3.01. The number of hydrogen-bond acceptors (Lipinski definition) is 6. The Kier molecular flexibility index (Phi) is 7.01. The van der Waals surface area contributed by atoms with Gasteiger partial charge in [-0.1, -0.05) is 0 Å². The number of ether oxygens (including phenoxy) is 2. The third-order valence-corrected chi connectivity index (χ3v) is 3.01. The Labute approximate surface area is 128 Å². The number of rotatable bonds is 9. The minimum absolute atomic E-state index is 0.0598. The highest BCUT2D eigenvalue weighted by Gasteiger charge is 2.20. The molecule has 0 N–H and O–H groups in total. The van der Waals surface area contributed by atoms with Crippen LogP contribution in [-0.4, -0.2) is 30.4 Å². The van der Waals surface area contributed by atoms with Crippen molar-refractivity contribution in [3.63, 3.8) is 0 Å². The van der Waals surface area contributed by atoms with E-state index < -0.39 is 4.92 Å². The zero-order chi connectivity index (χ0) is 16.5. The maximum Gasteiger partial charge on any atom is 0.305 e. The standard InChI is InChI=1S/C15H19NO6/c1-3-21-14(18)6-4-5-9-22-15-11(2)7-8-13(16(19)20)12(15)10-17/h7-8,10H,3-6,9H2,1-2H3. The number of carbonyl (C=O) groups is 2. The summed E-state index contributed by atoms with van der Waals surface area (Å²) in [7, 11) is 0. The molecule has 22 heavy (non-hydrogen) atoms. The molecule has 1 aromatic carbocycles. The van der Waals surface area contributed by atoms with E-state index in [1.807, 2.05) is 0 Å². The van der Waals surface area contributed by atoms with Gasteiger partial charge in [0.25, 0.3) is 5.69 Å². The molecule has 0 unspecified atom stereocenters. The minimum Gasteiger partial charge on any atom is -0.492 e. The molecule has 0 spiro atoms. The van der Waals surface area contributed by atoms with E-state index in [0.29, 0.717) is 37.7 Å². The number of aryl methyl sites for hydroxylation is 1. The monoisotopic (exact) mass is 309 g/mol. The van der Waals surface area contributed by atoms with Crippen LogP contribution in [0.1, 0.15) is 42.1 Å². The van der Waals surface area contributed by atoms with Gasteiger partial charge in [-0.15, -0.1) is 0 Å². The van der Waals surface area contributed by atoms with Gasteiger partial charge in [0.15, 0.2) is 6.29 Å². The number of carbonyl (C=O) groups excluding carboxylic acids is 2. The molecule has 0 aliphatic rings. The van der Waals surface area contributed by atoms with Gasteiger partial charge in [-0.25, -0.2) is 0 Å². The maximum absolute atomic E-state index is 11.2. The fourth-order valence-corrected chi connectivity index (χ4v) is 1.94. The summed E-state index contributed by atoms with van der Waals surface area (Å²) in [6.45, 7) is 4.07. The van der Waals surface area contributed by atoms with Crippen molar-refractivity contribution in [2.24, 2.45) is 0 Å². The molecule has 7 heteroatoms. The van der Waals surface area contributed by atoms with Crippen LogP contribution in [0.3, 0.4) is 0 Å². The Morgan fingerprint density at radius 1 is 1.36 bits per heavy atom. The highest BCUT2D eigenvalue weighted by atomic mass is 16.6. The summed E-state index contributed by atoms with van der Waals surface area (Å²) in [6.07, 6.45) is 1.90. The number of nitro groups is 1. The van der Waals surface area contributed by atoms with E-state index in [9.17, 15) is 19.7 Å². The normalized spacial score (nSPS) is 10.1. The average Bonchev–Trinajstić information content (AvgIpc) is 2.47. The minimum atomic E-state index is -0.614. The van der Waals surface area contributed by atoms with E-state index in [-0.39, 0.29) is 29.6 Å². The molecule has 0 aliphatic heterocycles. The lowest BCUT2D eigenvalue weighted by Crippen LogP contribution is -2.07. The summed E-state index contributed by atoms with van der Waals surface area (Å²) in [6, 6.07) is 2.83. The van der Waals surface area contributed by atoms with Crippen molar-refractivity contribution in [2.75, 3.05) is 13.2 Å². The Hall–Kier alpha value is -2.44. The number of aldehydes is 1. The van der Waals surface area contributed by atoms with E-state index >= 15 is 0 Å². The van der Waals surface area contributed by atoms with Crippen molar-refractivity contribution in [1.29, 1.82) is 0 Å². The second-order valence-corrected chi connectivity index (χ2v) is 4.63. The number of esters is 1. The van der Waals surface area contributed by atoms with Gasteiger partial charge in [-0.3, -0.25) is 19.7 Å². The molecule has 0 aromatic heterocycles. The summed E-state index contributed by atoms with van der Waals surface area (Å²) in [5, 5.41) is 10.9. The predicted molar refractivity (Wildman–Crippen MR) is 79.2 cm³/mol. The smallest absolute Gasteiger partial charge is 0.305 e. The van der Waals surface area contributed by atoms with Gasteiger partial charge in [0.1, 0.15) is 11.3 Å². The Bertz CT molecular complexity index is 555. The molecule has 0 saturated carbocycles. The maximum atomic E-state index is 11.2. The largest absolute Gasteiger partial charge is 0.492 e. The van der Waals surface area contributed by atoms with Crippen LogP contribution in [0, 0.1) is 17.0 Å². The van der Waals surface area contributed by atoms with Crippen molar-refractivity contribution in [1.82, 2.24) is 0 Å². The van der Waals surface area contributed by atoms with Crippen molar-refractivity contribution in [3.8, 4) is 5.75 Å². The number of hydrogen-bond donors (Lipinski definition) is 0. The molecule has 1 aromatic rings. The molecule has 0 fully saturated rings. The van der Waals surface area contributed by atoms with E-state index in [1.165, 1.54) is 6.07 Å². The molecular weight excluding hydrogens is 290 g/mol. The second kappa shape index (κ2) is 8.76. The fraction of sp³-hybridized carbons (Fsp3) is 0.467. The van der Waals surface area contributed by atoms with E-state index in [4.69, 9.17) is 9.47 Å². The van der Waals surface area contributed by atoms with Crippen LogP contribution in [0.15, 0.2) is 12.1 Å². The van der Waals surface area contributed by atoms with Crippen molar-refractivity contribution in [2.45, 2.75) is 33.1 Å². The molecule has 0 amide bonds. The van der Waals surface area contributed by atoms with Crippen LogP contribution in [-0.2, 0) is 9.53 Å². The van der Waals surface area contributed by atoms with Gasteiger partial charge in [-0.05, 0) is 38.3 Å². The molecule has 0 bridgehead atoms. The summed E-state index contributed by atoms with van der Waals surface area (Å²) >= 11 is 0. The SMILES string of the molecule is CCOC(=O)CCCCOc1c(C)ccc([N+](=O)[O-])c1C=O. The molecular formula is C15H19NO6. The first-order valence-electron chi connectivity index (χ1n) is 7.02. The van der Waals surface area contributed by atoms with Crippen LogP contribution in [0.2, 0.25) is 0 Å². The predicted octanol–water partition coefficient (Wildman–Crippen LogP) is 2.83. The Balaban J connectivity index is 2.62. The van der Waals surface area contributed by atoms with Crippen molar-refractivity contribution in [3.05, 3.63) is 33.4 Å². The summed E-state index contributed by atoms with van der Waals surface area (Å²) in [5.41, 5.74) is 0.315. The third kappa shape index (κ3) is 4.83. The summed E-state index contributed by atoms with van der Waals surface area (Å²) in [5.74, 6) is -0.0389. The van der Waals surface area contributed by atoms with Crippen LogP contribution in [0.4, 0.5) is 5.69 Å². The number of nitro benzene ring substituents is 1. The Morgan fingerprint density at radius 3 is 2.68 bits per heavy atom. The van der Waals surface area contributed by atoms with Crippen molar-refractivity contribution >= 4 is 17.9 Å². The van der Waals surface area contributed by atoms with Crippen LogP contribution < -0.4 is 4.74 Å². The molecule has 1 rings (SSSR count). The fourth-order valence-electron chi connectivity index (χ4n) is 1.94. The molecule has 0 aliphatic carbocycles. The molecule has 120 valence electrons. The molecule has 0 heterocycles. The van der Waals surface area contributed by atoms with E-state index in [2.05, 4.69) is 0 Å². The van der Waals surface area contributed by atoms with Gasteiger partial charge < -0.3 is 9.47 Å². The first-order chi connectivity index (χ1) is 10.5. The zero-order valence-electron chi connectivity index (χ0n) is 12.7. The number of unbranched alkanes of at least 4 members (excludes halogenated alkanes) is 1. The average molecular weight is 309 g/mol. The molecule has 0 radical (unpaired) electrons. The number of nitrogens with zero attached hydrogens (tertiary/aromatic N) is 1. The highest BCUT2D eigenvalue weighted by molar-refractivity contribution is 5.86. The van der Waals surface area contributed by atoms with Gasteiger partial charge in [0, 0.05) is 12.5 Å². The lowest BCUT2D eigenvalue weighted by Gasteiger charge is -2.11. The molecule has 0 saturated heterocycles. The first kappa shape index (κ1) is 17.6. The number of benzene rings is 1. The second-order valence-electron chi connectivity index (χ2n) is 4.63. The van der Waals surface area contributed by atoms with Gasteiger partial charge in [0.2, 0.25) is 0 Å². The molecule has 0 atom stereocenters. The van der Waals surface area contributed by atoms with Crippen molar-refractivity contribution < 1.29 is 24.0 Å². The van der Waals surface area contributed by atoms with Crippen LogP contribution >= 0.6 is 0 Å². The first-order valence-corrected chi connectivity index (χ1v) is 7.02. The Morgan fingerprint density at radius 2 is 2.09 bits per heavy atom. The van der Waals surface area contributed by atoms with Crippen LogP contribution in [0.25, 0.3) is 0 Å². The lowest BCUT2D eigenvalue weighted by molar-refractivity contribution is -0.385. The van der Waals surface area contributed by atoms with E-state index in [0.717, 1.165) is 0 Å². The summed E-state index contributed by atoms with van der Waals surface area (Å²) in [4.78, 5) is 32.6. The van der Waals surface area contributed by atoms with Crippen LogP contribution in [0.5, 0.6) is 5.75 Å². The highest BCUT2D eigenvalue weighted by Crippen LogP contribution is 2.30. The van der Waals surface area contributed by atoms with Gasteiger partial charge in [0.05, 0.1) is 18.1 Å².